The van der Waals surface area contributed by atoms with Gasteiger partial charge in [0.25, 0.3) is 0 Å². The molecule has 0 spiro atoms. The van der Waals surface area contributed by atoms with Crippen LogP contribution in [-0.4, -0.2) is 28.9 Å². The second kappa shape index (κ2) is 10.2. The number of nitrogens with one attached hydrogen (secondary N) is 1. The fourth-order valence-electron chi connectivity index (χ4n) is 2.54. The van der Waals surface area contributed by atoms with E-state index in [0.717, 1.165) is 11.1 Å². The van der Waals surface area contributed by atoms with Gasteiger partial charge in [0.15, 0.2) is 0 Å². The van der Waals surface area contributed by atoms with Gasteiger partial charge in [0, 0.05) is 0 Å². The number of hydrogen-bond acceptors (Lipinski definition) is 3. The Morgan fingerprint density at radius 3 is 2.42 bits per heavy atom. The molecule has 0 aromatic heterocycles. The Kier molecular flexibility index (Phi) is 8.59. The number of rotatable bonds is 8. The summed E-state index contributed by atoms with van der Waals surface area (Å²) in [7, 11) is 0. The Morgan fingerprint density at radius 1 is 1.27 bits per heavy atom. The molecule has 1 aromatic rings. The number of carbonyl (C=O) groups excluding carboxylic acids is 1. The summed E-state index contributed by atoms with van der Waals surface area (Å²) in [4.78, 5) is 12.1. The van der Waals surface area contributed by atoms with Crippen molar-refractivity contribution in [1.29, 1.82) is 0 Å². The van der Waals surface area contributed by atoms with E-state index in [1.165, 1.54) is 0 Å². The average Bonchev–Trinajstić information content (AvgIpc) is 2.51. The summed E-state index contributed by atoms with van der Waals surface area (Å²) < 4.78 is 5.31. The van der Waals surface area contributed by atoms with Crippen molar-refractivity contribution in [2.75, 3.05) is 0 Å². The van der Waals surface area contributed by atoms with Gasteiger partial charge in [-0.2, -0.15) is 0 Å². The van der Waals surface area contributed by atoms with Gasteiger partial charge < -0.3 is 15.2 Å². The third-order valence-corrected chi connectivity index (χ3v) is 3.67. The lowest BCUT2D eigenvalue weighted by molar-refractivity contribution is 0.0405. The summed E-state index contributed by atoms with van der Waals surface area (Å²) in [6.45, 7) is 13.6. The molecule has 2 N–H and O–H groups in total. The van der Waals surface area contributed by atoms with E-state index < -0.39 is 17.8 Å². The smallest absolute Gasteiger partial charge is 0.407 e. The second-order valence-electron chi connectivity index (χ2n) is 8.06. The van der Waals surface area contributed by atoms with Crippen molar-refractivity contribution >= 4 is 12.2 Å². The van der Waals surface area contributed by atoms with E-state index in [4.69, 9.17) is 4.74 Å². The van der Waals surface area contributed by atoms with Gasteiger partial charge in [-0.05, 0) is 45.1 Å². The maximum atomic E-state index is 12.1. The first kappa shape index (κ1) is 22.0. The molecule has 0 saturated heterocycles. The monoisotopic (exact) mass is 359 g/mol. The zero-order chi connectivity index (χ0) is 19.7. The van der Waals surface area contributed by atoms with Crippen molar-refractivity contribution in [3.8, 4) is 0 Å². The van der Waals surface area contributed by atoms with Crippen molar-refractivity contribution in [2.24, 2.45) is 5.92 Å². The fraction of sp³-hybridized carbons (Fsp3) is 0.500. The average molecular weight is 360 g/mol. The lowest BCUT2D eigenvalue weighted by atomic mass is 9.95. The van der Waals surface area contributed by atoms with Crippen LogP contribution < -0.4 is 5.32 Å². The normalized spacial score (nSPS) is 14.3. The van der Waals surface area contributed by atoms with Gasteiger partial charge in [0.1, 0.15) is 5.60 Å². The molecule has 26 heavy (non-hydrogen) atoms. The molecule has 0 unspecified atom stereocenters. The van der Waals surface area contributed by atoms with Crippen molar-refractivity contribution in [1.82, 2.24) is 5.32 Å². The van der Waals surface area contributed by atoms with Crippen LogP contribution in [-0.2, 0) is 4.74 Å². The number of aliphatic hydroxyl groups excluding tert-OH is 1. The molecule has 0 heterocycles. The molecule has 0 bridgehead atoms. The van der Waals surface area contributed by atoms with Crippen molar-refractivity contribution in [3.63, 3.8) is 0 Å². The lowest BCUT2D eigenvalue weighted by Crippen LogP contribution is -2.46. The Balaban J connectivity index is 2.66. The van der Waals surface area contributed by atoms with Crippen LogP contribution in [0.4, 0.5) is 4.79 Å². The number of carbonyl (C=O) groups is 1. The van der Waals surface area contributed by atoms with Gasteiger partial charge in [-0.1, -0.05) is 68.5 Å². The van der Waals surface area contributed by atoms with Gasteiger partial charge in [0.2, 0.25) is 0 Å². The predicted octanol–water partition coefficient (Wildman–Crippen LogP) is 4.95. The number of allylic oxidation sites excluding steroid dienone is 1. The Morgan fingerprint density at radius 2 is 1.88 bits per heavy atom. The van der Waals surface area contributed by atoms with Crippen LogP contribution in [0.5, 0.6) is 0 Å². The number of alkyl carbamates (subject to hydrolysis) is 1. The lowest BCUT2D eigenvalue weighted by Gasteiger charge is -2.28. The highest BCUT2D eigenvalue weighted by Crippen LogP contribution is 2.17. The molecule has 1 rings (SSSR count). The maximum Gasteiger partial charge on any atom is 0.407 e. The largest absolute Gasteiger partial charge is 0.444 e. The SMILES string of the molecule is C=C(/C=C/c1ccccc1)C[C@H](O)[C@H](CC(C)C)NC(=O)OC(C)(C)C. The molecule has 0 saturated carbocycles. The number of aliphatic hydroxyl groups is 1. The second-order valence-corrected chi connectivity index (χ2v) is 8.06. The molecular formula is C22H33NO3. The van der Waals surface area contributed by atoms with Crippen LogP contribution in [0.1, 0.15) is 53.0 Å². The standard InChI is InChI=1S/C22H33NO3/c1-16(2)14-19(23-21(25)26-22(4,5)6)20(24)15-17(3)12-13-18-10-8-7-9-11-18/h7-13,16,19-20,24H,3,14-15H2,1-2,4-6H3,(H,23,25)/b13-12+/t19-,20-/m0/s1. The molecule has 2 atom stereocenters. The topological polar surface area (TPSA) is 58.6 Å². The minimum absolute atomic E-state index is 0.331. The highest BCUT2D eigenvalue weighted by molar-refractivity contribution is 5.68. The number of hydrogen-bond donors (Lipinski definition) is 2. The highest BCUT2D eigenvalue weighted by atomic mass is 16.6. The molecule has 0 fully saturated rings. The van der Waals surface area contributed by atoms with Crippen LogP contribution in [0.3, 0.4) is 0 Å². The third kappa shape index (κ3) is 9.42. The summed E-state index contributed by atoms with van der Waals surface area (Å²) in [6.07, 6.45) is 3.68. The van der Waals surface area contributed by atoms with Crippen LogP contribution in [0.15, 0.2) is 48.6 Å². The van der Waals surface area contributed by atoms with Gasteiger partial charge in [-0.3, -0.25) is 0 Å². The van der Waals surface area contributed by atoms with Crippen LogP contribution in [0.2, 0.25) is 0 Å². The van der Waals surface area contributed by atoms with E-state index in [2.05, 4.69) is 25.7 Å². The van der Waals surface area contributed by atoms with E-state index in [0.29, 0.717) is 18.8 Å². The minimum atomic E-state index is -0.724. The molecule has 1 amide bonds. The van der Waals surface area contributed by atoms with E-state index >= 15 is 0 Å². The summed E-state index contributed by atoms with van der Waals surface area (Å²) >= 11 is 0. The Hall–Kier alpha value is -2.07. The van der Waals surface area contributed by atoms with E-state index in [1.54, 1.807) is 0 Å². The van der Waals surface area contributed by atoms with Crippen molar-refractivity contribution in [3.05, 3.63) is 54.1 Å². The van der Waals surface area contributed by atoms with Gasteiger partial charge in [-0.25, -0.2) is 4.79 Å². The Bertz CT molecular complexity index is 600. The third-order valence-electron chi connectivity index (χ3n) is 3.67. The number of benzene rings is 1. The molecule has 0 radical (unpaired) electrons. The molecule has 4 nitrogen and oxygen atoms in total. The zero-order valence-corrected chi connectivity index (χ0v) is 16.7. The predicted molar refractivity (Wildman–Crippen MR) is 108 cm³/mol. The van der Waals surface area contributed by atoms with Crippen molar-refractivity contribution in [2.45, 2.75) is 65.2 Å². The summed E-state index contributed by atoms with van der Waals surface area (Å²) in [5.74, 6) is 0.331. The van der Waals surface area contributed by atoms with Gasteiger partial charge in [-0.15, -0.1) is 0 Å². The van der Waals surface area contributed by atoms with E-state index in [1.807, 2.05) is 63.3 Å². The zero-order valence-electron chi connectivity index (χ0n) is 16.7. The van der Waals surface area contributed by atoms with Crippen molar-refractivity contribution < 1.29 is 14.6 Å². The van der Waals surface area contributed by atoms with Crippen LogP contribution in [0.25, 0.3) is 6.08 Å². The maximum absolute atomic E-state index is 12.1. The fourth-order valence-corrected chi connectivity index (χ4v) is 2.54. The van der Waals surface area contributed by atoms with Crippen LogP contribution in [0, 0.1) is 5.92 Å². The van der Waals surface area contributed by atoms with Gasteiger partial charge >= 0.3 is 6.09 Å². The first-order chi connectivity index (χ1) is 12.1. The number of amides is 1. The first-order valence-electron chi connectivity index (χ1n) is 9.15. The minimum Gasteiger partial charge on any atom is -0.444 e. The highest BCUT2D eigenvalue weighted by Gasteiger charge is 2.25. The molecule has 0 aliphatic rings. The summed E-state index contributed by atoms with van der Waals surface area (Å²) in [6, 6.07) is 9.54. The van der Waals surface area contributed by atoms with Gasteiger partial charge in [0.05, 0.1) is 12.1 Å². The summed E-state index contributed by atoms with van der Waals surface area (Å²) in [5.41, 5.74) is 1.31. The molecule has 1 aromatic carbocycles. The molecular weight excluding hydrogens is 326 g/mol. The summed E-state index contributed by atoms with van der Waals surface area (Å²) in [5, 5.41) is 13.4. The van der Waals surface area contributed by atoms with E-state index in [9.17, 15) is 9.90 Å². The van der Waals surface area contributed by atoms with E-state index in [-0.39, 0.29) is 6.04 Å². The molecule has 0 aliphatic carbocycles. The quantitative estimate of drug-likeness (QED) is 0.646. The first-order valence-corrected chi connectivity index (χ1v) is 9.15. The Labute approximate surface area is 158 Å². The molecule has 0 aliphatic heterocycles. The molecule has 4 heteroatoms. The number of ether oxygens (including phenoxy) is 1. The molecule has 144 valence electrons. The van der Waals surface area contributed by atoms with Crippen LogP contribution >= 0.6 is 0 Å².